The molecule has 0 aromatic carbocycles. The lowest BCUT2D eigenvalue weighted by Gasteiger charge is -2.04. The molecule has 0 rings (SSSR count). The maximum atomic E-state index is 11.1. The summed E-state index contributed by atoms with van der Waals surface area (Å²) < 4.78 is 8.92. The Labute approximate surface area is 98.2 Å². The maximum Gasteiger partial charge on any atom is 0.407 e. The van der Waals surface area contributed by atoms with Crippen molar-refractivity contribution in [3.63, 3.8) is 0 Å². The normalized spacial score (nSPS) is 9.38. The van der Waals surface area contributed by atoms with Crippen molar-refractivity contribution in [2.75, 3.05) is 26.1 Å². The number of hydrogen-bond donors (Lipinski definition) is 1. The van der Waals surface area contributed by atoms with Crippen molar-refractivity contribution in [2.45, 2.75) is 12.8 Å². The van der Waals surface area contributed by atoms with E-state index in [-0.39, 0.29) is 37.7 Å². The average molecular weight is 252 g/mol. The van der Waals surface area contributed by atoms with Gasteiger partial charge in [-0.2, -0.15) is 0 Å². The van der Waals surface area contributed by atoms with Gasteiger partial charge in [0.05, 0.1) is 26.0 Å². The van der Waals surface area contributed by atoms with Gasteiger partial charge in [-0.1, -0.05) is 0 Å². The van der Waals surface area contributed by atoms with Gasteiger partial charge in [-0.3, -0.25) is 9.59 Å². The van der Waals surface area contributed by atoms with Crippen LogP contribution in [0.25, 0.3) is 0 Å². The molecular formula is C9H14ClNO5. The fourth-order valence-electron chi connectivity index (χ4n) is 0.785. The lowest BCUT2D eigenvalue weighted by molar-refractivity contribution is -0.141. The fourth-order valence-corrected chi connectivity index (χ4v) is 0.862. The Morgan fingerprint density at radius 1 is 1.25 bits per heavy atom. The number of methoxy groups -OCH3 is 1. The summed E-state index contributed by atoms with van der Waals surface area (Å²) in [4.78, 5) is 32.7. The first-order valence-electron chi connectivity index (χ1n) is 4.65. The molecule has 16 heavy (non-hydrogen) atoms. The highest BCUT2D eigenvalue weighted by Crippen LogP contribution is 1.92. The maximum absolute atomic E-state index is 11.1. The van der Waals surface area contributed by atoms with Gasteiger partial charge in [0.15, 0.2) is 5.78 Å². The summed E-state index contributed by atoms with van der Waals surface area (Å²) in [6.07, 6.45) is -0.664. The van der Waals surface area contributed by atoms with Crippen LogP contribution >= 0.6 is 11.6 Å². The summed E-state index contributed by atoms with van der Waals surface area (Å²) in [6.45, 7) is -0.0815. The summed E-state index contributed by atoms with van der Waals surface area (Å²) >= 11 is 5.29. The molecule has 0 aromatic rings. The topological polar surface area (TPSA) is 81.7 Å². The second kappa shape index (κ2) is 8.96. The van der Waals surface area contributed by atoms with Gasteiger partial charge in [0.25, 0.3) is 0 Å². The molecule has 0 unspecified atom stereocenters. The molecular weight excluding hydrogens is 238 g/mol. The van der Waals surface area contributed by atoms with Gasteiger partial charge in [0.2, 0.25) is 0 Å². The van der Waals surface area contributed by atoms with Gasteiger partial charge in [-0.05, 0) is 0 Å². The number of alkyl carbamates (subject to hydrolysis) is 1. The van der Waals surface area contributed by atoms with E-state index in [1.54, 1.807) is 0 Å². The minimum Gasteiger partial charge on any atom is -0.469 e. The van der Waals surface area contributed by atoms with E-state index in [0.29, 0.717) is 0 Å². The van der Waals surface area contributed by atoms with E-state index in [1.165, 1.54) is 7.11 Å². The molecule has 6 nitrogen and oxygen atoms in total. The molecule has 0 fully saturated rings. The lowest BCUT2D eigenvalue weighted by Crippen LogP contribution is -2.30. The number of halogens is 1. The van der Waals surface area contributed by atoms with Crippen molar-refractivity contribution in [2.24, 2.45) is 0 Å². The Bertz CT molecular complexity index is 256. The molecule has 0 atom stereocenters. The van der Waals surface area contributed by atoms with Gasteiger partial charge < -0.3 is 14.8 Å². The van der Waals surface area contributed by atoms with Gasteiger partial charge in [0.1, 0.15) is 6.61 Å². The quantitative estimate of drug-likeness (QED) is 0.526. The lowest BCUT2D eigenvalue weighted by atomic mass is 10.2. The van der Waals surface area contributed by atoms with Crippen LogP contribution in [0.2, 0.25) is 0 Å². The number of rotatable bonds is 7. The third-order valence-corrected chi connectivity index (χ3v) is 1.73. The number of esters is 1. The predicted molar refractivity (Wildman–Crippen MR) is 56.3 cm³/mol. The van der Waals surface area contributed by atoms with Crippen molar-refractivity contribution in [1.29, 1.82) is 0 Å². The Morgan fingerprint density at radius 2 is 1.94 bits per heavy atom. The van der Waals surface area contributed by atoms with E-state index in [9.17, 15) is 14.4 Å². The Kier molecular flexibility index (Phi) is 8.24. The minimum atomic E-state index is -0.702. The zero-order valence-corrected chi connectivity index (χ0v) is 9.71. The van der Waals surface area contributed by atoms with Gasteiger partial charge >= 0.3 is 12.1 Å². The SMILES string of the molecule is COC(=O)CCC(=O)CNC(=O)OCCCl. The second-order valence-corrected chi connectivity index (χ2v) is 3.17. The molecule has 0 saturated carbocycles. The summed E-state index contributed by atoms with van der Waals surface area (Å²) in [6, 6.07) is 0. The Balaban J connectivity index is 3.57. The zero-order chi connectivity index (χ0) is 12.4. The van der Waals surface area contributed by atoms with E-state index in [1.807, 2.05) is 0 Å². The highest BCUT2D eigenvalue weighted by atomic mass is 35.5. The van der Waals surface area contributed by atoms with Crippen LogP contribution in [0.15, 0.2) is 0 Å². The average Bonchev–Trinajstić information content (AvgIpc) is 2.30. The molecule has 0 aliphatic heterocycles. The third-order valence-electron chi connectivity index (χ3n) is 1.58. The second-order valence-electron chi connectivity index (χ2n) is 2.79. The molecule has 0 saturated heterocycles. The minimum absolute atomic E-state index is 0.00768. The fraction of sp³-hybridized carbons (Fsp3) is 0.667. The first-order valence-corrected chi connectivity index (χ1v) is 5.18. The summed E-state index contributed by atoms with van der Waals surface area (Å²) in [5.41, 5.74) is 0. The van der Waals surface area contributed by atoms with Crippen molar-refractivity contribution in [3.05, 3.63) is 0 Å². The number of nitrogens with one attached hydrogen (secondary N) is 1. The van der Waals surface area contributed by atoms with E-state index < -0.39 is 12.1 Å². The molecule has 7 heteroatoms. The summed E-state index contributed by atoms with van der Waals surface area (Å²) in [5.74, 6) is -0.532. The van der Waals surface area contributed by atoms with Gasteiger partial charge in [-0.25, -0.2) is 4.79 Å². The van der Waals surface area contributed by atoms with E-state index in [4.69, 9.17) is 11.6 Å². The monoisotopic (exact) mass is 251 g/mol. The Hall–Kier alpha value is -1.30. The number of alkyl halides is 1. The number of carbonyl (C=O) groups is 3. The van der Waals surface area contributed by atoms with Crippen molar-refractivity contribution < 1.29 is 23.9 Å². The zero-order valence-electron chi connectivity index (χ0n) is 8.95. The van der Waals surface area contributed by atoms with Crippen LogP contribution in [0.1, 0.15) is 12.8 Å². The van der Waals surface area contributed by atoms with Crippen LogP contribution in [-0.2, 0) is 19.1 Å². The number of hydrogen-bond acceptors (Lipinski definition) is 5. The van der Waals surface area contributed by atoms with Gasteiger partial charge in [-0.15, -0.1) is 11.6 Å². The Morgan fingerprint density at radius 3 is 2.50 bits per heavy atom. The van der Waals surface area contributed by atoms with Crippen molar-refractivity contribution in [1.82, 2.24) is 5.32 Å². The first kappa shape index (κ1) is 14.7. The smallest absolute Gasteiger partial charge is 0.407 e. The molecule has 0 aliphatic rings. The number of ether oxygens (including phenoxy) is 2. The summed E-state index contributed by atoms with van der Waals surface area (Å²) in [7, 11) is 1.24. The molecule has 0 bridgehead atoms. The standard InChI is InChI=1S/C9H14ClNO5/c1-15-8(13)3-2-7(12)6-11-9(14)16-5-4-10/h2-6H2,1H3,(H,11,14). The predicted octanol–water partition coefficient (Wildman–Crippen LogP) is 0.474. The molecule has 1 amide bonds. The molecule has 92 valence electrons. The van der Waals surface area contributed by atoms with Crippen LogP contribution in [0.5, 0.6) is 0 Å². The molecule has 0 heterocycles. The highest BCUT2D eigenvalue weighted by molar-refractivity contribution is 6.18. The highest BCUT2D eigenvalue weighted by Gasteiger charge is 2.08. The molecule has 1 N–H and O–H groups in total. The van der Waals surface area contributed by atoms with Crippen molar-refractivity contribution in [3.8, 4) is 0 Å². The number of ketones is 1. The van der Waals surface area contributed by atoms with E-state index >= 15 is 0 Å². The largest absolute Gasteiger partial charge is 0.469 e. The van der Waals surface area contributed by atoms with Crippen LogP contribution < -0.4 is 5.32 Å². The van der Waals surface area contributed by atoms with E-state index in [2.05, 4.69) is 14.8 Å². The third kappa shape index (κ3) is 8.05. The molecule has 0 spiro atoms. The van der Waals surface area contributed by atoms with Crippen LogP contribution in [-0.4, -0.2) is 44.0 Å². The van der Waals surface area contributed by atoms with Crippen LogP contribution in [0.4, 0.5) is 4.79 Å². The van der Waals surface area contributed by atoms with Crippen molar-refractivity contribution >= 4 is 29.4 Å². The summed E-state index contributed by atoms with van der Waals surface area (Å²) in [5, 5.41) is 2.24. The van der Waals surface area contributed by atoms with Crippen LogP contribution in [0.3, 0.4) is 0 Å². The molecule has 0 aliphatic carbocycles. The van der Waals surface area contributed by atoms with Gasteiger partial charge in [0, 0.05) is 6.42 Å². The van der Waals surface area contributed by atoms with E-state index in [0.717, 1.165) is 0 Å². The van der Waals surface area contributed by atoms with Crippen LogP contribution in [0, 0.1) is 0 Å². The number of Topliss-reactive ketones (excluding diaryl/α,β-unsaturated/α-hetero) is 1. The number of amides is 1. The first-order chi connectivity index (χ1) is 7.60. The number of carbonyl (C=O) groups excluding carboxylic acids is 3. The molecule has 0 aromatic heterocycles. The molecule has 0 radical (unpaired) electrons.